The van der Waals surface area contributed by atoms with Gasteiger partial charge in [0.1, 0.15) is 5.82 Å². The number of halogens is 2. The molecule has 0 aromatic heterocycles. The van der Waals surface area contributed by atoms with Gasteiger partial charge in [-0.25, -0.2) is 4.39 Å². The molecule has 1 fully saturated rings. The van der Waals surface area contributed by atoms with E-state index in [2.05, 4.69) is 10.6 Å². The molecule has 0 aliphatic carbocycles. The largest absolute Gasteiger partial charge is 0.316 e. The molecule has 1 aromatic rings. The van der Waals surface area contributed by atoms with Gasteiger partial charge in [0.05, 0.1) is 5.02 Å². The van der Waals surface area contributed by atoms with E-state index in [0.717, 1.165) is 37.7 Å². The highest BCUT2D eigenvalue weighted by molar-refractivity contribution is 6.30. The number of hydrogen-bond donors (Lipinski definition) is 2. The third kappa shape index (κ3) is 3.17. The van der Waals surface area contributed by atoms with Crippen molar-refractivity contribution in [1.29, 1.82) is 0 Å². The molecule has 0 spiro atoms. The first-order valence-electron chi connectivity index (χ1n) is 5.61. The molecule has 0 radical (unpaired) electrons. The second-order valence-electron chi connectivity index (χ2n) is 4.24. The van der Waals surface area contributed by atoms with Crippen molar-refractivity contribution in [2.45, 2.75) is 13.0 Å². The first-order valence-corrected chi connectivity index (χ1v) is 5.99. The number of rotatable bonds is 4. The molecule has 88 valence electrons. The first-order chi connectivity index (χ1) is 7.75. The molecule has 2 nitrogen and oxygen atoms in total. The van der Waals surface area contributed by atoms with E-state index in [4.69, 9.17) is 11.6 Å². The van der Waals surface area contributed by atoms with E-state index in [1.165, 1.54) is 12.5 Å². The second kappa shape index (κ2) is 5.62. The Balaban J connectivity index is 1.78. The summed E-state index contributed by atoms with van der Waals surface area (Å²) in [4.78, 5) is 0. The van der Waals surface area contributed by atoms with Crippen LogP contribution in [0.15, 0.2) is 18.2 Å². The number of nitrogens with one attached hydrogen (secondary N) is 2. The number of hydrogen-bond acceptors (Lipinski definition) is 2. The Labute approximate surface area is 100 Å². The Kier molecular flexibility index (Phi) is 4.16. The van der Waals surface area contributed by atoms with Crippen molar-refractivity contribution in [2.75, 3.05) is 19.6 Å². The summed E-state index contributed by atoms with van der Waals surface area (Å²) < 4.78 is 12.9. The van der Waals surface area contributed by atoms with Crippen LogP contribution in [-0.4, -0.2) is 19.6 Å². The lowest BCUT2D eigenvalue weighted by atomic mass is 10.1. The third-order valence-corrected chi connectivity index (χ3v) is 3.20. The zero-order valence-corrected chi connectivity index (χ0v) is 9.86. The highest BCUT2D eigenvalue weighted by atomic mass is 35.5. The Morgan fingerprint density at radius 3 is 3.06 bits per heavy atom. The molecule has 1 heterocycles. The molecule has 1 aromatic carbocycles. The molecule has 2 N–H and O–H groups in total. The zero-order valence-electron chi connectivity index (χ0n) is 9.10. The fourth-order valence-electron chi connectivity index (χ4n) is 1.96. The number of benzene rings is 1. The van der Waals surface area contributed by atoms with Crippen LogP contribution in [0.5, 0.6) is 0 Å². The molecule has 1 aliphatic heterocycles. The quantitative estimate of drug-likeness (QED) is 0.846. The molecule has 1 atom stereocenters. The lowest BCUT2D eigenvalue weighted by molar-refractivity contribution is 0.512. The Morgan fingerprint density at radius 2 is 2.38 bits per heavy atom. The fourth-order valence-corrected chi connectivity index (χ4v) is 2.16. The van der Waals surface area contributed by atoms with E-state index in [-0.39, 0.29) is 10.8 Å². The minimum atomic E-state index is -0.356. The van der Waals surface area contributed by atoms with Gasteiger partial charge >= 0.3 is 0 Å². The summed E-state index contributed by atoms with van der Waals surface area (Å²) in [6.07, 6.45) is 1.23. The SMILES string of the molecule is Fc1ccc(CNCC2CCNC2)cc1Cl. The molecule has 1 aliphatic rings. The topological polar surface area (TPSA) is 24.1 Å². The van der Waals surface area contributed by atoms with E-state index in [9.17, 15) is 4.39 Å². The minimum absolute atomic E-state index is 0.196. The van der Waals surface area contributed by atoms with Gasteiger partial charge in [-0.2, -0.15) is 0 Å². The van der Waals surface area contributed by atoms with Gasteiger partial charge in [0, 0.05) is 6.54 Å². The van der Waals surface area contributed by atoms with Crippen molar-refractivity contribution in [3.63, 3.8) is 0 Å². The zero-order chi connectivity index (χ0) is 11.4. The highest BCUT2D eigenvalue weighted by Crippen LogP contribution is 2.16. The average Bonchev–Trinajstić information content (AvgIpc) is 2.76. The molecule has 0 bridgehead atoms. The van der Waals surface area contributed by atoms with Crippen molar-refractivity contribution in [2.24, 2.45) is 5.92 Å². The smallest absolute Gasteiger partial charge is 0.141 e. The van der Waals surface area contributed by atoms with Gasteiger partial charge in [0.2, 0.25) is 0 Å². The fraction of sp³-hybridized carbons (Fsp3) is 0.500. The third-order valence-electron chi connectivity index (χ3n) is 2.91. The maximum atomic E-state index is 12.9. The Morgan fingerprint density at radius 1 is 1.50 bits per heavy atom. The molecule has 0 saturated carbocycles. The van der Waals surface area contributed by atoms with Crippen LogP contribution in [-0.2, 0) is 6.54 Å². The van der Waals surface area contributed by atoms with E-state index in [1.54, 1.807) is 12.1 Å². The van der Waals surface area contributed by atoms with Crippen molar-refractivity contribution in [3.05, 3.63) is 34.6 Å². The van der Waals surface area contributed by atoms with Crippen LogP contribution in [0.4, 0.5) is 4.39 Å². The van der Waals surface area contributed by atoms with Crippen LogP contribution in [0.2, 0.25) is 5.02 Å². The van der Waals surface area contributed by atoms with Crippen LogP contribution in [0.3, 0.4) is 0 Å². The first kappa shape index (κ1) is 11.8. The van der Waals surface area contributed by atoms with Gasteiger partial charge < -0.3 is 10.6 Å². The monoisotopic (exact) mass is 242 g/mol. The lowest BCUT2D eigenvalue weighted by Crippen LogP contribution is -2.24. The van der Waals surface area contributed by atoms with Crippen LogP contribution < -0.4 is 10.6 Å². The molecule has 0 amide bonds. The summed E-state index contributed by atoms with van der Waals surface area (Å²) in [5, 5.41) is 6.89. The molecular formula is C12H16ClFN2. The molecule has 4 heteroatoms. The van der Waals surface area contributed by atoms with E-state index in [1.807, 2.05) is 0 Å². The van der Waals surface area contributed by atoms with Gasteiger partial charge in [-0.15, -0.1) is 0 Å². The van der Waals surface area contributed by atoms with Crippen LogP contribution in [0, 0.1) is 11.7 Å². The Hall–Kier alpha value is -0.640. The van der Waals surface area contributed by atoms with Crippen LogP contribution in [0.25, 0.3) is 0 Å². The Bertz CT molecular complexity index is 351. The maximum absolute atomic E-state index is 12.9. The molecule has 1 unspecified atom stereocenters. The summed E-state index contributed by atoms with van der Waals surface area (Å²) >= 11 is 5.71. The lowest BCUT2D eigenvalue weighted by Gasteiger charge is -2.10. The van der Waals surface area contributed by atoms with E-state index < -0.39 is 0 Å². The van der Waals surface area contributed by atoms with Crippen molar-refractivity contribution < 1.29 is 4.39 Å². The van der Waals surface area contributed by atoms with Crippen molar-refractivity contribution >= 4 is 11.6 Å². The predicted octanol–water partition coefficient (Wildman–Crippen LogP) is 2.18. The summed E-state index contributed by atoms with van der Waals surface area (Å²) in [7, 11) is 0. The average molecular weight is 243 g/mol. The highest BCUT2D eigenvalue weighted by Gasteiger charge is 2.13. The molecule has 1 saturated heterocycles. The van der Waals surface area contributed by atoms with Gasteiger partial charge in [0.25, 0.3) is 0 Å². The summed E-state index contributed by atoms with van der Waals surface area (Å²) in [6.45, 7) is 3.96. The van der Waals surface area contributed by atoms with Crippen molar-refractivity contribution in [3.8, 4) is 0 Å². The van der Waals surface area contributed by atoms with Crippen LogP contribution >= 0.6 is 11.6 Å². The van der Waals surface area contributed by atoms with Crippen molar-refractivity contribution in [1.82, 2.24) is 10.6 Å². The van der Waals surface area contributed by atoms with E-state index in [0.29, 0.717) is 0 Å². The maximum Gasteiger partial charge on any atom is 0.141 e. The van der Waals surface area contributed by atoms with E-state index >= 15 is 0 Å². The van der Waals surface area contributed by atoms with Gasteiger partial charge in [-0.05, 0) is 49.7 Å². The summed E-state index contributed by atoms with van der Waals surface area (Å²) in [6, 6.07) is 4.86. The molecular weight excluding hydrogens is 227 g/mol. The second-order valence-corrected chi connectivity index (χ2v) is 4.65. The van der Waals surface area contributed by atoms with Gasteiger partial charge in [-0.1, -0.05) is 17.7 Å². The van der Waals surface area contributed by atoms with Crippen LogP contribution in [0.1, 0.15) is 12.0 Å². The normalized spacial score (nSPS) is 20.2. The minimum Gasteiger partial charge on any atom is -0.316 e. The molecule has 16 heavy (non-hydrogen) atoms. The predicted molar refractivity (Wildman–Crippen MR) is 64.1 cm³/mol. The summed E-state index contributed by atoms with van der Waals surface area (Å²) in [5.74, 6) is 0.362. The van der Waals surface area contributed by atoms with Gasteiger partial charge in [-0.3, -0.25) is 0 Å². The summed E-state index contributed by atoms with van der Waals surface area (Å²) in [5.41, 5.74) is 1.03. The molecule has 2 rings (SSSR count). The van der Waals surface area contributed by atoms with Gasteiger partial charge in [0.15, 0.2) is 0 Å². The standard InChI is InChI=1S/C12H16ClFN2/c13-11-5-9(1-2-12(11)14)6-16-8-10-3-4-15-7-10/h1-2,5,10,15-16H,3-4,6-8H2.